The fourth-order valence-corrected chi connectivity index (χ4v) is 3.17. The van der Waals surface area contributed by atoms with Gasteiger partial charge in [0.25, 0.3) is 5.91 Å². The molecule has 0 aliphatic heterocycles. The highest BCUT2D eigenvalue weighted by molar-refractivity contribution is 5.91. The molecule has 0 aromatic carbocycles. The van der Waals surface area contributed by atoms with Gasteiger partial charge in [-0.05, 0) is 30.4 Å². The number of nitrogens with zero attached hydrogens (tertiary/aromatic N) is 2. The van der Waals surface area contributed by atoms with Crippen molar-refractivity contribution in [3.05, 3.63) is 47.4 Å². The summed E-state index contributed by atoms with van der Waals surface area (Å²) >= 11 is 0. The van der Waals surface area contributed by atoms with E-state index >= 15 is 0 Å². The molecule has 5 nitrogen and oxygen atoms in total. The van der Waals surface area contributed by atoms with Crippen LogP contribution in [0, 0.1) is 5.41 Å². The summed E-state index contributed by atoms with van der Waals surface area (Å²) in [5, 5.41) is 3.08. The van der Waals surface area contributed by atoms with E-state index in [-0.39, 0.29) is 22.8 Å². The van der Waals surface area contributed by atoms with Gasteiger partial charge in [-0.1, -0.05) is 34.6 Å². The van der Waals surface area contributed by atoms with Crippen molar-refractivity contribution in [3.63, 3.8) is 0 Å². The lowest BCUT2D eigenvalue weighted by Crippen LogP contribution is -2.37. The summed E-state index contributed by atoms with van der Waals surface area (Å²) in [5.74, 6) is 0.968. The molecule has 0 fully saturated rings. The zero-order valence-corrected chi connectivity index (χ0v) is 15.0. The van der Waals surface area contributed by atoms with Gasteiger partial charge in [0.2, 0.25) is 0 Å². The molecule has 1 atom stereocenters. The maximum Gasteiger partial charge on any atom is 0.287 e. The number of carbonyl (C=O) groups excluding carboxylic acids is 1. The Balaban J connectivity index is 1.93. The molecule has 2 aromatic heterocycles. The summed E-state index contributed by atoms with van der Waals surface area (Å²) in [6, 6.07) is 3.28. The van der Waals surface area contributed by atoms with Gasteiger partial charge in [-0.15, -0.1) is 0 Å². The molecule has 128 valence electrons. The summed E-state index contributed by atoms with van der Waals surface area (Å²) in [5.41, 5.74) is 2.03. The highest BCUT2D eigenvalue weighted by atomic mass is 16.3. The largest absolute Gasteiger partial charge is 0.459 e. The number of rotatable bonds is 2. The summed E-state index contributed by atoms with van der Waals surface area (Å²) in [6.07, 6.45) is 5.13. The van der Waals surface area contributed by atoms with E-state index in [4.69, 9.17) is 9.40 Å². The highest BCUT2D eigenvalue weighted by Crippen LogP contribution is 2.40. The molecule has 0 saturated heterocycles. The number of nitrogens with one attached hydrogen (secondary N) is 1. The molecule has 5 heteroatoms. The summed E-state index contributed by atoms with van der Waals surface area (Å²) in [6.45, 7) is 10.7. The van der Waals surface area contributed by atoms with Crippen molar-refractivity contribution in [2.75, 3.05) is 0 Å². The Morgan fingerprint density at radius 2 is 2.12 bits per heavy atom. The zero-order chi connectivity index (χ0) is 17.5. The molecule has 1 aliphatic carbocycles. The van der Waals surface area contributed by atoms with Crippen molar-refractivity contribution in [3.8, 4) is 0 Å². The minimum Gasteiger partial charge on any atom is -0.459 e. The van der Waals surface area contributed by atoms with Crippen LogP contribution in [0.4, 0.5) is 0 Å². The Hall–Kier alpha value is -2.17. The van der Waals surface area contributed by atoms with Crippen LogP contribution in [0.1, 0.15) is 74.7 Å². The molecule has 0 radical (unpaired) electrons. The van der Waals surface area contributed by atoms with Crippen molar-refractivity contribution in [1.82, 2.24) is 15.3 Å². The van der Waals surface area contributed by atoms with Crippen LogP contribution in [-0.2, 0) is 11.8 Å². The summed E-state index contributed by atoms with van der Waals surface area (Å²) < 4.78 is 5.20. The third kappa shape index (κ3) is 3.35. The lowest BCUT2D eigenvalue weighted by atomic mass is 9.74. The fourth-order valence-electron chi connectivity index (χ4n) is 3.17. The van der Waals surface area contributed by atoms with Crippen molar-refractivity contribution >= 4 is 5.91 Å². The maximum atomic E-state index is 12.4. The number of fused-ring (bicyclic) bond motifs is 1. The van der Waals surface area contributed by atoms with Gasteiger partial charge >= 0.3 is 0 Å². The van der Waals surface area contributed by atoms with E-state index in [0.717, 1.165) is 29.9 Å². The number of carbonyl (C=O) groups is 1. The van der Waals surface area contributed by atoms with Crippen LogP contribution in [-0.4, -0.2) is 15.9 Å². The maximum absolute atomic E-state index is 12.4. The summed E-state index contributed by atoms with van der Waals surface area (Å²) in [4.78, 5) is 21.7. The van der Waals surface area contributed by atoms with Crippen molar-refractivity contribution < 1.29 is 9.21 Å². The molecule has 0 spiro atoms. The standard InChI is InChI=1S/C19H25N3O2/c1-18(2,3)17-20-11-12-13(9-19(4,5)10-14(12)22-17)21-16(23)15-7-6-8-24-15/h6-8,11,13H,9-10H2,1-5H3,(H,21,23)/t13-/m1/s1. The number of hydrogen-bond donors (Lipinski definition) is 1. The molecule has 0 unspecified atom stereocenters. The Morgan fingerprint density at radius 3 is 2.75 bits per heavy atom. The molecule has 0 saturated carbocycles. The van der Waals surface area contributed by atoms with Crippen molar-refractivity contribution in [2.45, 2.75) is 58.9 Å². The first-order valence-corrected chi connectivity index (χ1v) is 8.36. The minimum atomic E-state index is -0.200. The number of amides is 1. The van der Waals surface area contributed by atoms with Gasteiger partial charge in [-0.2, -0.15) is 0 Å². The van der Waals surface area contributed by atoms with Crippen molar-refractivity contribution in [1.29, 1.82) is 0 Å². The van der Waals surface area contributed by atoms with E-state index in [0.29, 0.717) is 5.76 Å². The molecule has 1 amide bonds. The topological polar surface area (TPSA) is 68.0 Å². The second-order valence-electron chi connectivity index (χ2n) is 8.39. The highest BCUT2D eigenvalue weighted by Gasteiger charge is 2.35. The van der Waals surface area contributed by atoms with Crippen LogP contribution in [0.15, 0.2) is 29.0 Å². The van der Waals surface area contributed by atoms with Crippen LogP contribution >= 0.6 is 0 Å². The van der Waals surface area contributed by atoms with Gasteiger partial charge in [0.15, 0.2) is 5.76 Å². The molecule has 1 N–H and O–H groups in total. The molecule has 0 bridgehead atoms. The first kappa shape index (κ1) is 16.7. The fraction of sp³-hybridized carbons (Fsp3) is 0.526. The number of aromatic nitrogens is 2. The van der Waals surface area contributed by atoms with Gasteiger partial charge in [-0.25, -0.2) is 9.97 Å². The average molecular weight is 327 g/mol. The Bertz CT molecular complexity index is 742. The van der Waals surface area contributed by atoms with E-state index in [9.17, 15) is 4.79 Å². The van der Waals surface area contributed by atoms with Gasteiger partial charge in [0, 0.05) is 22.9 Å². The molecular formula is C19H25N3O2. The van der Waals surface area contributed by atoms with Crippen LogP contribution in [0.3, 0.4) is 0 Å². The first-order chi connectivity index (χ1) is 11.2. The number of furan rings is 1. The second-order valence-corrected chi connectivity index (χ2v) is 8.39. The molecule has 3 rings (SSSR count). The lowest BCUT2D eigenvalue weighted by molar-refractivity contribution is 0.0890. The van der Waals surface area contributed by atoms with E-state index < -0.39 is 0 Å². The van der Waals surface area contributed by atoms with E-state index in [1.165, 1.54) is 6.26 Å². The van der Waals surface area contributed by atoms with E-state index in [1.54, 1.807) is 12.1 Å². The molecule has 2 aromatic rings. The Labute approximate surface area is 142 Å². The van der Waals surface area contributed by atoms with Crippen LogP contribution < -0.4 is 5.32 Å². The predicted octanol–water partition coefficient (Wildman–Crippen LogP) is 3.81. The monoisotopic (exact) mass is 327 g/mol. The SMILES string of the molecule is CC1(C)Cc2nc(C(C)(C)C)ncc2[C@H](NC(=O)c2ccco2)C1. The summed E-state index contributed by atoms with van der Waals surface area (Å²) in [7, 11) is 0. The van der Waals surface area contributed by atoms with Gasteiger partial charge in [0.1, 0.15) is 5.82 Å². The quantitative estimate of drug-likeness (QED) is 0.910. The molecule has 1 aliphatic rings. The minimum absolute atomic E-state index is 0.0671. The van der Waals surface area contributed by atoms with Crippen molar-refractivity contribution in [2.24, 2.45) is 5.41 Å². The Morgan fingerprint density at radius 1 is 1.38 bits per heavy atom. The third-order valence-corrected chi connectivity index (χ3v) is 4.40. The lowest BCUT2D eigenvalue weighted by Gasteiger charge is -2.36. The molecular weight excluding hydrogens is 302 g/mol. The normalized spacial score (nSPS) is 19.6. The van der Waals surface area contributed by atoms with Gasteiger partial charge in [0.05, 0.1) is 12.3 Å². The van der Waals surface area contributed by atoms with Gasteiger partial charge in [-0.3, -0.25) is 4.79 Å². The van der Waals surface area contributed by atoms with Crippen LogP contribution in [0.5, 0.6) is 0 Å². The smallest absolute Gasteiger partial charge is 0.287 e. The molecule has 2 heterocycles. The third-order valence-electron chi connectivity index (χ3n) is 4.40. The van der Waals surface area contributed by atoms with E-state index in [2.05, 4.69) is 44.9 Å². The predicted molar refractivity (Wildman–Crippen MR) is 91.7 cm³/mol. The second kappa shape index (κ2) is 5.72. The molecule has 24 heavy (non-hydrogen) atoms. The van der Waals surface area contributed by atoms with E-state index in [1.807, 2.05) is 6.20 Å². The van der Waals surface area contributed by atoms with Crippen LogP contribution in [0.2, 0.25) is 0 Å². The zero-order valence-electron chi connectivity index (χ0n) is 15.0. The first-order valence-electron chi connectivity index (χ1n) is 8.36. The Kier molecular flexibility index (Phi) is 3.98. The van der Waals surface area contributed by atoms with Gasteiger partial charge < -0.3 is 9.73 Å². The average Bonchev–Trinajstić information content (AvgIpc) is 2.98. The van der Waals surface area contributed by atoms with Crippen LogP contribution in [0.25, 0.3) is 0 Å². The number of hydrogen-bond acceptors (Lipinski definition) is 4.